The van der Waals surface area contributed by atoms with Crippen LogP contribution in [0.5, 0.6) is 0 Å². The zero-order chi connectivity index (χ0) is 12.8. The summed E-state index contributed by atoms with van der Waals surface area (Å²) in [5.41, 5.74) is 0. The minimum absolute atomic E-state index is 0.194. The molecule has 0 aromatic heterocycles. The van der Waals surface area contributed by atoms with Gasteiger partial charge in [-0.05, 0) is 24.7 Å². The average Bonchev–Trinajstić information content (AvgIpc) is 2.21. The molecule has 0 bridgehead atoms. The summed E-state index contributed by atoms with van der Waals surface area (Å²) < 4.78 is 60.6. The summed E-state index contributed by atoms with van der Waals surface area (Å²) in [6, 6.07) is 0. The van der Waals surface area contributed by atoms with Gasteiger partial charge in [0, 0.05) is 0 Å². The molecule has 3 unspecified atom stereocenters. The van der Waals surface area contributed by atoms with Crippen molar-refractivity contribution in [1.82, 2.24) is 0 Å². The second kappa shape index (κ2) is 4.09. The lowest BCUT2D eigenvalue weighted by Gasteiger charge is -2.47. The van der Waals surface area contributed by atoms with Crippen molar-refractivity contribution in [3.05, 3.63) is 0 Å². The Labute approximate surface area is 97.3 Å². The molecule has 0 radical (unpaired) electrons. The fourth-order valence-corrected chi connectivity index (χ4v) is 2.80. The van der Waals surface area contributed by atoms with E-state index in [-0.39, 0.29) is 11.8 Å². The lowest BCUT2D eigenvalue weighted by molar-refractivity contribution is -0.496. The van der Waals surface area contributed by atoms with Crippen LogP contribution < -0.4 is 0 Å². The van der Waals surface area contributed by atoms with E-state index in [4.69, 9.17) is 0 Å². The highest BCUT2D eigenvalue weighted by Crippen LogP contribution is 2.48. The van der Waals surface area contributed by atoms with E-state index in [1.54, 1.807) is 6.92 Å². The number of halogens is 4. The Morgan fingerprint density at radius 2 is 1.65 bits per heavy atom. The smallest absolute Gasteiger partial charge is 0.307 e. The second-order valence-electron chi connectivity index (χ2n) is 4.88. The van der Waals surface area contributed by atoms with Gasteiger partial charge in [-0.1, -0.05) is 20.3 Å². The number of hydrogen-bond donors (Lipinski definition) is 0. The van der Waals surface area contributed by atoms with Gasteiger partial charge in [-0.15, -0.1) is 0 Å². The molecule has 4 atom stereocenters. The van der Waals surface area contributed by atoms with Crippen LogP contribution in [0.4, 0.5) is 17.6 Å². The highest BCUT2D eigenvalue weighted by atomic mass is 19.3. The lowest BCUT2D eigenvalue weighted by Crippen LogP contribution is -2.61. The third-order valence-corrected chi connectivity index (χ3v) is 3.90. The Kier molecular flexibility index (Phi) is 3.14. The lowest BCUT2D eigenvalue weighted by atomic mass is 9.75. The molecule has 0 aromatic rings. The standard InChI is InChI=1S/C11H16F4O2/c1-3-7-4-5-8-9(6(7)2)17-11(14,15)10(12,13)16-8/h6-9H,3-5H2,1-2H3/t6?,7-,8?,9?/m0/s1. The Morgan fingerprint density at radius 1 is 1.06 bits per heavy atom. The first-order chi connectivity index (χ1) is 7.78. The molecule has 1 heterocycles. The van der Waals surface area contributed by atoms with E-state index in [2.05, 4.69) is 9.47 Å². The van der Waals surface area contributed by atoms with Crippen molar-refractivity contribution < 1.29 is 27.0 Å². The molecule has 0 N–H and O–H groups in total. The largest absolute Gasteiger partial charge is 0.448 e. The van der Waals surface area contributed by atoms with Crippen LogP contribution in [0.15, 0.2) is 0 Å². The van der Waals surface area contributed by atoms with Crippen LogP contribution in [0.2, 0.25) is 0 Å². The maximum Gasteiger partial charge on any atom is 0.448 e. The van der Waals surface area contributed by atoms with Crippen LogP contribution in [-0.2, 0) is 9.47 Å². The molecule has 0 amide bonds. The zero-order valence-corrected chi connectivity index (χ0v) is 9.76. The summed E-state index contributed by atoms with van der Waals surface area (Å²) in [7, 11) is 0. The SMILES string of the molecule is CC[C@H]1CCC2OC(F)(F)C(F)(F)OC2C1C. The van der Waals surface area contributed by atoms with E-state index >= 15 is 0 Å². The Hall–Kier alpha value is -0.360. The van der Waals surface area contributed by atoms with Crippen molar-refractivity contribution in [3.63, 3.8) is 0 Å². The van der Waals surface area contributed by atoms with Crippen LogP contribution in [-0.4, -0.2) is 24.4 Å². The van der Waals surface area contributed by atoms with Gasteiger partial charge in [0.25, 0.3) is 0 Å². The molecule has 2 fully saturated rings. The van der Waals surface area contributed by atoms with E-state index in [1.165, 1.54) is 0 Å². The Balaban J connectivity index is 2.18. The van der Waals surface area contributed by atoms with Crippen LogP contribution in [0.25, 0.3) is 0 Å². The third kappa shape index (κ3) is 2.05. The normalized spacial score (nSPS) is 44.1. The summed E-state index contributed by atoms with van der Waals surface area (Å²) >= 11 is 0. The molecule has 2 nitrogen and oxygen atoms in total. The number of rotatable bonds is 1. The summed E-state index contributed by atoms with van der Waals surface area (Å²) in [6.45, 7) is 3.71. The molecule has 2 rings (SSSR count). The molecular weight excluding hydrogens is 240 g/mol. The van der Waals surface area contributed by atoms with Gasteiger partial charge in [0.05, 0.1) is 12.2 Å². The Bertz CT molecular complexity index is 295. The molecule has 0 spiro atoms. The predicted molar refractivity (Wildman–Crippen MR) is 51.8 cm³/mol. The predicted octanol–water partition coefficient (Wildman–Crippen LogP) is 3.41. The zero-order valence-electron chi connectivity index (χ0n) is 9.76. The highest BCUT2D eigenvalue weighted by Gasteiger charge is 2.67. The van der Waals surface area contributed by atoms with Gasteiger partial charge in [0.2, 0.25) is 0 Å². The van der Waals surface area contributed by atoms with Crippen molar-refractivity contribution in [2.24, 2.45) is 11.8 Å². The Morgan fingerprint density at radius 3 is 2.24 bits per heavy atom. The fourth-order valence-electron chi connectivity index (χ4n) is 2.80. The molecule has 2 aliphatic rings. The number of alkyl halides is 4. The van der Waals surface area contributed by atoms with E-state index in [0.717, 1.165) is 6.42 Å². The third-order valence-electron chi connectivity index (χ3n) is 3.90. The van der Waals surface area contributed by atoms with E-state index in [9.17, 15) is 17.6 Å². The number of hydrogen-bond acceptors (Lipinski definition) is 2. The van der Waals surface area contributed by atoms with Gasteiger partial charge in [-0.25, -0.2) is 0 Å². The van der Waals surface area contributed by atoms with Crippen LogP contribution in [0.3, 0.4) is 0 Å². The van der Waals surface area contributed by atoms with E-state index in [1.807, 2.05) is 6.92 Å². The van der Waals surface area contributed by atoms with Crippen LogP contribution in [0.1, 0.15) is 33.1 Å². The van der Waals surface area contributed by atoms with Gasteiger partial charge in [-0.3, -0.25) is 0 Å². The number of ether oxygens (including phenoxy) is 2. The van der Waals surface area contributed by atoms with Gasteiger partial charge in [0.15, 0.2) is 0 Å². The van der Waals surface area contributed by atoms with Gasteiger partial charge < -0.3 is 9.47 Å². The first kappa shape index (κ1) is 13.1. The molecule has 1 aliphatic heterocycles. The van der Waals surface area contributed by atoms with Crippen LogP contribution >= 0.6 is 0 Å². The minimum Gasteiger partial charge on any atom is -0.307 e. The van der Waals surface area contributed by atoms with E-state index in [0.29, 0.717) is 12.8 Å². The van der Waals surface area contributed by atoms with Gasteiger partial charge in [0.1, 0.15) is 0 Å². The summed E-state index contributed by atoms with van der Waals surface area (Å²) in [6.07, 6.45) is -9.03. The summed E-state index contributed by atoms with van der Waals surface area (Å²) in [5.74, 6) is 0.0306. The second-order valence-corrected chi connectivity index (χ2v) is 4.88. The molecule has 6 heteroatoms. The topological polar surface area (TPSA) is 18.5 Å². The first-order valence-electron chi connectivity index (χ1n) is 5.89. The molecule has 17 heavy (non-hydrogen) atoms. The first-order valence-corrected chi connectivity index (χ1v) is 5.89. The van der Waals surface area contributed by atoms with Crippen molar-refractivity contribution >= 4 is 0 Å². The van der Waals surface area contributed by atoms with Gasteiger partial charge >= 0.3 is 12.2 Å². The van der Waals surface area contributed by atoms with Gasteiger partial charge in [-0.2, -0.15) is 17.6 Å². The molecule has 1 saturated carbocycles. The van der Waals surface area contributed by atoms with Crippen molar-refractivity contribution in [2.45, 2.75) is 57.5 Å². The fraction of sp³-hybridized carbons (Fsp3) is 1.00. The van der Waals surface area contributed by atoms with Crippen molar-refractivity contribution in [2.75, 3.05) is 0 Å². The maximum absolute atomic E-state index is 13.1. The molecule has 1 aliphatic carbocycles. The quantitative estimate of drug-likeness (QED) is 0.669. The molecule has 100 valence electrons. The minimum atomic E-state index is -4.53. The summed E-state index contributed by atoms with van der Waals surface area (Å²) in [5, 5.41) is 0. The van der Waals surface area contributed by atoms with E-state index < -0.39 is 24.4 Å². The molecular formula is C11H16F4O2. The number of fused-ring (bicyclic) bond motifs is 1. The maximum atomic E-state index is 13.1. The highest BCUT2D eigenvalue weighted by molar-refractivity contribution is 4.92. The average molecular weight is 256 g/mol. The molecule has 0 aromatic carbocycles. The molecule has 1 saturated heterocycles. The van der Waals surface area contributed by atoms with Crippen LogP contribution in [0, 0.1) is 11.8 Å². The van der Waals surface area contributed by atoms with Crippen molar-refractivity contribution in [3.8, 4) is 0 Å². The van der Waals surface area contributed by atoms with Crippen molar-refractivity contribution in [1.29, 1.82) is 0 Å². The monoisotopic (exact) mass is 256 g/mol. The summed E-state index contributed by atoms with van der Waals surface area (Å²) in [4.78, 5) is 0.